The lowest BCUT2D eigenvalue weighted by molar-refractivity contribution is -0.140. The molecule has 0 saturated carbocycles. The Morgan fingerprint density at radius 2 is 1.82 bits per heavy atom. The number of rotatable bonds is 4. The molecule has 1 nitrogen and oxygen atoms in total. The highest BCUT2D eigenvalue weighted by atomic mass is 19.4. The molecule has 7 heteroatoms. The fourth-order valence-electron chi connectivity index (χ4n) is 1.25. The molecule has 0 radical (unpaired) electrons. The van der Waals surface area contributed by atoms with Crippen LogP contribution < -0.4 is 5.32 Å². The molecule has 96 valence electrons. The predicted octanol–water partition coefficient (Wildman–Crippen LogP) is 3.20. The molecule has 0 heterocycles. The summed E-state index contributed by atoms with van der Waals surface area (Å²) in [6.45, 7) is -1.07. The third kappa shape index (κ3) is 3.92. The van der Waals surface area contributed by atoms with E-state index in [0.717, 1.165) is 12.1 Å². The van der Waals surface area contributed by atoms with Crippen molar-refractivity contribution in [3.8, 4) is 0 Å². The molecule has 17 heavy (non-hydrogen) atoms. The van der Waals surface area contributed by atoms with E-state index in [1.807, 2.05) is 0 Å². The molecule has 0 bridgehead atoms. The molecule has 0 fully saturated rings. The van der Waals surface area contributed by atoms with Crippen LogP contribution in [0.15, 0.2) is 18.2 Å². The first-order valence-corrected chi connectivity index (χ1v) is 4.66. The first-order valence-electron chi connectivity index (χ1n) is 4.66. The lowest BCUT2D eigenvalue weighted by atomic mass is 10.1. The first-order chi connectivity index (χ1) is 7.82. The second-order valence-corrected chi connectivity index (χ2v) is 3.30. The van der Waals surface area contributed by atoms with Gasteiger partial charge in [-0.3, -0.25) is 0 Å². The van der Waals surface area contributed by atoms with Gasteiger partial charge in [0.2, 0.25) is 0 Å². The van der Waals surface area contributed by atoms with Gasteiger partial charge in [-0.1, -0.05) is 12.1 Å². The van der Waals surface area contributed by atoms with Gasteiger partial charge in [0, 0.05) is 12.1 Å². The molecular weight excluding hydrogens is 248 g/mol. The fourth-order valence-corrected chi connectivity index (χ4v) is 1.25. The van der Waals surface area contributed by atoms with Crippen molar-refractivity contribution in [2.45, 2.75) is 19.1 Å². The van der Waals surface area contributed by atoms with Crippen molar-refractivity contribution in [1.29, 1.82) is 0 Å². The Labute approximate surface area is 93.4 Å². The Kier molecular flexibility index (Phi) is 4.39. The molecule has 1 N–H and O–H groups in total. The molecule has 1 rings (SSSR count). The number of hydrogen-bond acceptors (Lipinski definition) is 1. The molecule has 0 atom stereocenters. The van der Waals surface area contributed by atoms with Crippen molar-refractivity contribution in [2.75, 3.05) is 6.54 Å². The van der Waals surface area contributed by atoms with E-state index < -0.39 is 30.5 Å². The van der Waals surface area contributed by atoms with Gasteiger partial charge in [-0.05, 0) is 6.07 Å². The van der Waals surface area contributed by atoms with Crippen molar-refractivity contribution < 1.29 is 26.3 Å². The second-order valence-electron chi connectivity index (χ2n) is 3.30. The van der Waals surface area contributed by atoms with Crippen LogP contribution in [0.4, 0.5) is 26.3 Å². The van der Waals surface area contributed by atoms with E-state index in [1.54, 1.807) is 0 Å². The average molecular weight is 257 g/mol. The van der Waals surface area contributed by atoms with Gasteiger partial charge >= 0.3 is 6.18 Å². The molecule has 1 aromatic rings. The molecule has 0 spiro atoms. The Balaban J connectivity index is 2.81. The Morgan fingerprint density at radius 3 is 2.35 bits per heavy atom. The predicted molar refractivity (Wildman–Crippen MR) is 49.1 cm³/mol. The Bertz CT molecular complexity index is 374. The van der Waals surface area contributed by atoms with E-state index in [9.17, 15) is 26.3 Å². The normalized spacial score (nSPS) is 12.2. The molecular formula is C10H9F6N. The van der Waals surface area contributed by atoms with Crippen molar-refractivity contribution >= 4 is 0 Å². The van der Waals surface area contributed by atoms with Crippen LogP contribution in [0.2, 0.25) is 0 Å². The highest BCUT2D eigenvalue weighted by Crippen LogP contribution is 2.32. The third-order valence-electron chi connectivity index (χ3n) is 2.00. The van der Waals surface area contributed by atoms with Crippen LogP contribution in [0.25, 0.3) is 0 Å². The average Bonchev–Trinajstić information content (AvgIpc) is 2.18. The summed E-state index contributed by atoms with van der Waals surface area (Å²) in [4.78, 5) is 0. The van der Waals surface area contributed by atoms with E-state index in [4.69, 9.17) is 0 Å². The van der Waals surface area contributed by atoms with Crippen LogP contribution in [0.1, 0.15) is 11.1 Å². The third-order valence-corrected chi connectivity index (χ3v) is 2.00. The lowest BCUT2D eigenvalue weighted by Crippen LogP contribution is -2.22. The monoisotopic (exact) mass is 257 g/mol. The van der Waals surface area contributed by atoms with Crippen LogP contribution in [0.3, 0.4) is 0 Å². The molecule has 1 aromatic carbocycles. The molecule has 0 aliphatic carbocycles. The largest absolute Gasteiger partial charge is 0.419 e. The van der Waals surface area contributed by atoms with Crippen LogP contribution in [-0.4, -0.2) is 13.0 Å². The van der Waals surface area contributed by atoms with E-state index >= 15 is 0 Å². The zero-order valence-corrected chi connectivity index (χ0v) is 8.49. The van der Waals surface area contributed by atoms with E-state index in [2.05, 4.69) is 5.32 Å². The maximum atomic E-state index is 13.3. The molecule has 0 amide bonds. The lowest BCUT2D eigenvalue weighted by Gasteiger charge is -2.11. The maximum absolute atomic E-state index is 13.3. The quantitative estimate of drug-likeness (QED) is 0.817. The number of nitrogens with one attached hydrogen (secondary N) is 1. The number of halogens is 6. The highest BCUT2D eigenvalue weighted by Gasteiger charge is 2.34. The summed E-state index contributed by atoms with van der Waals surface area (Å²) < 4.78 is 73.8. The van der Waals surface area contributed by atoms with Gasteiger partial charge in [0.1, 0.15) is 5.82 Å². The van der Waals surface area contributed by atoms with E-state index in [1.165, 1.54) is 0 Å². The maximum Gasteiger partial charge on any atom is 0.419 e. The SMILES string of the molecule is Fc1c(CNCC(F)F)cccc1C(F)(F)F. The molecule has 0 aromatic heterocycles. The van der Waals surface area contributed by atoms with Crippen LogP contribution in [0.5, 0.6) is 0 Å². The minimum absolute atomic E-state index is 0.291. The fraction of sp³-hybridized carbons (Fsp3) is 0.400. The highest BCUT2D eigenvalue weighted by molar-refractivity contribution is 5.28. The number of hydrogen-bond donors (Lipinski definition) is 1. The summed E-state index contributed by atoms with van der Waals surface area (Å²) in [6, 6.07) is 2.75. The number of benzene rings is 1. The Hall–Kier alpha value is -1.24. The van der Waals surface area contributed by atoms with Crippen LogP contribution in [0, 0.1) is 5.82 Å². The topological polar surface area (TPSA) is 12.0 Å². The van der Waals surface area contributed by atoms with Gasteiger partial charge in [0.25, 0.3) is 6.43 Å². The Morgan fingerprint density at radius 1 is 1.18 bits per heavy atom. The second kappa shape index (κ2) is 5.39. The van der Waals surface area contributed by atoms with Gasteiger partial charge in [0.05, 0.1) is 12.1 Å². The molecule has 0 unspecified atom stereocenters. The summed E-state index contributed by atoms with van der Waals surface area (Å²) in [7, 11) is 0. The summed E-state index contributed by atoms with van der Waals surface area (Å²) in [5.74, 6) is -1.43. The van der Waals surface area contributed by atoms with Gasteiger partial charge in [-0.2, -0.15) is 13.2 Å². The molecule has 0 aliphatic rings. The first kappa shape index (κ1) is 13.8. The van der Waals surface area contributed by atoms with E-state index in [-0.39, 0.29) is 12.1 Å². The van der Waals surface area contributed by atoms with Crippen molar-refractivity contribution in [1.82, 2.24) is 5.32 Å². The smallest absolute Gasteiger partial charge is 0.307 e. The molecule has 0 saturated heterocycles. The van der Waals surface area contributed by atoms with Gasteiger partial charge in [-0.15, -0.1) is 0 Å². The van der Waals surface area contributed by atoms with E-state index in [0.29, 0.717) is 6.07 Å². The van der Waals surface area contributed by atoms with Crippen molar-refractivity contribution in [3.05, 3.63) is 35.1 Å². The summed E-state index contributed by atoms with van der Waals surface area (Å²) in [6.07, 6.45) is -7.42. The van der Waals surface area contributed by atoms with Crippen LogP contribution >= 0.6 is 0 Å². The summed E-state index contributed by atoms with van der Waals surface area (Å²) >= 11 is 0. The summed E-state index contributed by atoms with van der Waals surface area (Å²) in [5, 5.41) is 2.16. The van der Waals surface area contributed by atoms with Crippen molar-refractivity contribution in [2.24, 2.45) is 0 Å². The zero-order chi connectivity index (χ0) is 13.1. The van der Waals surface area contributed by atoms with Gasteiger partial charge in [0.15, 0.2) is 0 Å². The molecule has 0 aliphatic heterocycles. The number of alkyl halides is 5. The summed E-state index contributed by atoms with van der Waals surface area (Å²) in [5.41, 5.74) is -1.69. The minimum Gasteiger partial charge on any atom is -0.307 e. The van der Waals surface area contributed by atoms with Crippen molar-refractivity contribution in [3.63, 3.8) is 0 Å². The zero-order valence-electron chi connectivity index (χ0n) is 8.49. The van der Waals surface area contributed by atoms with Gasteiger partial charge < -0.3 is 5.32 Å². The van der Waals surface area contributed by atoms with Gasteiger partial charge in [-0.25, -0.2) is 13.2 Å². The standard InChI is InChI=1S/C10H9F6N/c11-8(12)5-17-4-6-2-1-3-7(9(6)13)10(14,15)16/h1-3,8,17H,4-5H2. The van der Waals surface area contributed by atoms with Crippen LogP contribution in [-0.2, 0) is 12.7 Å². The minimum atomic E-state index is -4.79.